The third kappa shape index (κ3) is 2.80. The number of alkyl halides is 1. The highest BCUT2D eigenvalue weighted by Gasteiger charge is 2.29. The van der Waals surface area contributed by atoms with Crippen molar-refractivity contribution >= 4 is 21.6 Å². The largest absolute Gasteiger partial charge is 0.378 e. The fourth-order valence-electron chi connectivity index (χ4n) is 1.34. The smallest absolute Gasteiger partial charge is 0.215 e. The summed E-state index contributed by atoms with van der Waals surface area (Å²) in [6, 6.07) is -0.0676. The summed E-state index contributed by atoms with van der Waals surface area (Å²) < 4.78 is 29.8. The number of sulfonamides is 1. The standard InChI is InChI=1S/C7H14ClNO3S/c1-7-6-12-4-3-9(7)13(10,11)5-2-8/h7H,2-6H2,1H3/t7-/m1/s1. The van der Waals surface area contributed by atoms with Gasteiger partial charge in [-0.05, 0) is 6.92 Å². The molecule has 0 aromatic carbocycles. The molecule has 1 atom stereocenters. The maximum absolute atomic E-state index is 11.6. The Kier molecular flexibility index (Phi) is 3.97. The minimum atomic E-state index is -3.16. The van der Waals surface area contributed by atoms with E-state index in [4.69, 9.17) is 16.3 Å². The van der Waals surface area contributed by atoms with Crippen LogP contribution < -0.4 is 0 Å². The van der Waals surface area contributed by atoms with Crippen molar-refractivity contribution in [3.05, 3.63) is 0 Å². The van der Waals surface area contributed by atoms with Gasteiger partial charge in [-0.2, -0.15) is 4.31 Å². The molecule has 78 valence electrons. The molecule has 1 heterocycles. The number of morpholine rings is 1. The highest BCUT2D eigenvalue weighted by Crippen LogP contribution is 2.12. The van der Waals surface area contributed by atoms with Crippen molar-refractivity contribution in [2.45, 2.75) is 13.0 Å². The Balaban J connectivity index is 2.68. The Hall–Kier alpha value is 0.160. The van der Waals surface area contributed by atoms with E-state index in [9.17, 15) is 8.42 Å². The number of ether oxygens (including phenoxy) is 1. The molecule has 1 rings (SSSR count). The summed E-state index contributed by atoms with van der Waals surface area (Å²) in [6.45, 7) is 3.23. The van der Waals surface area contributed by atoms with E-state index in [0.29, 0.717) is 19.8 Å². The van der Waals surface area contributed by atoms with Crippen molar-refractivity contribution < 1.29 is 13.2 Å². The summed E-state index contributed by atoms with van der Waals surface area (Å²) in [6.07, 6.45) is 0. The lowest BCUT2D eigenvalue weighted by Gasteiger charge is -2.31. The Labute approximate surface area is 83.9 Å². The van der Waals surface area contributed by atoms with Crippen molar-refractivity contribution in [2.75, 3.05) is 31.4 Å². The van der Waals surface area contributed by atoms with E-state index in [-0.39, 0.29) is 17.7 Å². The van der Waals surface area contributed by atoms with Crippen LogP contribution in [0.1, 0.15) is 6.92 Å². The zero-order valence-corrected chi connectivity index (χ0v) is 9.14. The molecule has 0 spiro atoms. The quantitative estimate of drug-likeness (QED) is 0.651. The first-order valence-electron chi connectivity index (χ1n) is 4.21. The number of rotatable bonds is 3. The first-order valence-corrected chi connectivity index (χ1v) is 6.35. The van der Waals surface area contributed by atoms with Crippen LogP contribution in [0.3, 0.4) is 0 Å². The van der Waals surface area contributed by atoms with Crippen LogP contribution in [0.5, 0.6) is 0 Å². The third-order valence-corrected chi connectivity index (χ3v) is 4.39. The van der Waals surface area contributed by atoms with E-state index in [1.165, 1.54) is 4.31 Å². The molecule has 1 saturated heterocycles. The SMILES string of the molecule is C[C@@H]1COCCN1S(=O)(=O)CCCl. The normalized spacial score (nSPS) is 26.2. The van der Waals surface area contributed by atoms with Crippen LogP contribution in [-0.4, -0.2) is 50.2 Å². The predicted molar refractivity (Wildman–Crippen MR) is 51.5 cm³/mol. The maximum Gasteiger partial charge on any atom is 0.215 e. The zero-order valence-electron chi connectivity index (χ0n) is 7.57. The number of hydrogen-bond acceptors (Lipinski definition) is 3. The average molecular weight is 228 g/mol. The average Bonchev–Trinajstić information content (AvgIpc) is 2.04. The summed E-state index contributed by atoms with van der Waals surface area (Å²) >= 11 is 5.42. The van der Waals surface area contributed by atoms with Gasteiger partial charge in [0, 0.05) is 18.5 Å². The molecule has 6 heteroatoms. The summed E-state index contributed by atoms with van der Waals surface area (Å²) in [5, 5.41) is 0. The Morgan fingerprint density at radius 2 is 2.31 bits per heavy atom. The Bertz CT molecular complexity index is 254. The molecular formula is C7H14ClNO3S. The summed E-state index contributed by atoms with van der Waals surface area (Å²) in [7, 11) is -3.16. The van der Waals surface area contributed by atoms with Crippen LogP contribution in [0.4, 0.5) is 0 Å². The molecule has 0 unspecified atom stereocenters. The molecule has 4 nitrogen and oxygen atoms in total. The van der Waals surface area contributed by atoms with Crippen molar-refractivity contribution in [2.24, 2.45) is 0 Å². The summed E-state index contributed by atoms with van der Waals surface area (Å²) in [5.74, 6) is 0.158. The van der Waals surface area contributed by atoms with Crippen molar-refractivity contribution in [1.29, 1.82) is 0 Å². The Morgan fingerprint density at radius 3 is 2.85 bits per heavy atom. The van der Waals surface area contributed by atoms with E-state index in [2.05, 4.69) is 0 Å². The molecule has 1 aliphatic heterocycles. The maximum atomic E-state index is 11.6. The minimum Gasteiger partial charge on any atom is -0.378 e. The van der Waals surface area contributed by atoms with Crippen LogP contribution >= 0.6 is 11.6 Å². The van der Waals surface area contributed by atoms with Gasteiger partial charge in [-0.15, -0.1) is 11.6 Å². The third-order valence-electron chi connectivity index (χ3n) is 2.00. The van der Waals surface area contributed by atoms with Crippen molar-refractivity contribution in [3.63, 3.8) is 0 Å². The molecule has 0 radical (unpaired) electrons. The van der Waals surface area contributed by atoms with Gasteiger partial charge in [0.25, 0.3) is 0 Å². The van der Waals surface area contributed by atoms with Crippen LogP contribution in [0.25, 0.3) is 0 Å². The number of nitrogens with zero attached hydrogens (tertiary/aromatic N) is 1. The van der Waals surface area contributed by atoms with Gasteiger partial charge in [-0.1, -0.05) is 0 Å². The molecule has 0 saturated carbocycles. The van der Waals surface area contributed by atoms with Gasteiger partial charge >= 0.3 is 0 Å². The topological polar surface area (TPSA) is 46.6 Å². The second-order valence-corrected chi connectivity index (χ2v) is 5.46. The van der Waals surface area contributed by atoms with Crippen LogP contribution in [0, 0.1) is 0 Å². The number of halogens is 1. The summed E-state index contributed by atoms with van der Waals surface area (Å²) in [5.41, 5.74) is 0. The Morgan fingerprint density at radius 1 is 1.62 bits per heavy atom. The van der Waals surface area contributed by atoms with Gasteiger partial charge < -0.3 is 4.74 Å². The van der Waals surface area contributed by atoms with E-state index >= 15 is 0 Å². The van der Waals surface area contributed by atoms with Gasteiger partial charge in [0.05, 0.1) is 19.0 Å². The number of hydrogen-bond donors (Lipinski definition) is 0. The van der Waals surface area contributed by atoms with E-state index in [0.717, 1.165) is 0 Å². The lowest BCUT2D eigenvalue weighted by atomic mass is 10.3. The highest BCUT2D eigenvalue weighted by atomic mass is 35.5. The molecular weight excluding hydrogens is 214 g/mol. The summed E-state index contributed by atoms with van der Waals surface area (Å²) in [4.78, 5) is 0. The van der Waals surface area contributed by atoms with E-state index in [1.54, 1.807) is 0 Å². The van der Waals surface area contributed by atoms with Crippen molar-refractivity contribution in [3.8, 4) is 0 Å². The van der Waals surface area contributed by atoms with Gasteiger partial charge in [-0.25, -0.2) is 8.42 Å². The van der Waals surface area contributed by atoms with E-state index < -0.39 is 10.0 Å². The monoisotopic (exact) mass is 227 g/mol. The zero-order chi connectivity index (χ0) is 9.90. The molecule has 1 aliphatic rings. The fourth-order valence-corrected chi connectivity index (χ4v) is 3.32. The molecule has 1 fully saturated rings. The molecule has 0 aromatic rings. The van der Waals surface area contributed by atoms with Crippen LogP contribution in [0.15, 0.2) is 0 Å². The van der Waals surface area contributed by atoms with Gasteiger partial charge in [0.15, 0.2) is 0 Å². The fraction of sp³-hybridized carbons (Fsp3) is 1.00. The minimum absolute atomic E-state index is 0.0128. The lowest BCUT2D eigenvalue weighted by molar-refractivity contribution is 0.0393. The molecule has 0 amide bonds. The highest BCUT2D eigenvalue weighted by molar-refractivity contribution is 7.89. The van der Waals surface area contributed by atoms with Crippen LogP contribution in [0.2, 0.25) is 0 Å². The molecule has 0 aliphatic carbocycles. The molecule has 0 aromatic heterocycles. The van der Waals surface area contributed by atoms with Gasteiger partial charge in [0.1, 0.15) is 0 Å². The molecule has 0 bridgehead atoms. The predicted octanol–water partition coefficient (Wildman–Crippen LogP) is 0.276. The second-order valence-electron chi connectivity index (χ2n) is 3.04. The van der Waals surface area contributed by atoms with E-state index in [1.807, 2.05) is 6.92 Å². The lowest BCUT2D eigenvalue weighted by Crippen LogP contribution is -2.48. The first-order chi connectivity index (χ1) is 6.08. The van der Waals surface area contributed by atoms with Crippen molar-refractivity contribution in [1.82, 2.24) is 4.31 Å². The molecule has 0 N–H and O–H groups in total. The molecule has 13 heavy (non-hydrogen) atoms. The van der Waals surface area contributed by atoms with Crippen LogP contribution in [-0.2, 0) is 14.8 Å². The second kappa shape index (κ2) is 4.59. The van der Waals surface area contributed by atoms with Gasteiger partial charge in [0.2, 0.25) is 10.0 Å². The van der Waals surface area contributed by atoms with Gasteiger partial charge in [-0.3, -0.25) is 0 Å². The first kappa shape index (κ1) is 11.2.